The van der Waals surface area contributed by atoms with Crippen LogP contribution in [0.25, 0.3) is 0 Å². The second-order valence-electron chi connectivity index (χ2n) is 6.04. The van der Waals surface area contributed by atoms with Gasteiger partial charge in [-0.2, -0.15) is 0 Å². The molecule has 0 atom stereocenters. The smallest absolute Gasteiger partial charge is 0.306 e. The number of hydrogen-bond acceptors (Lipinski definition) is 5. The molecule has 144 valence electrons. The van der Waals surface area contributed by atoms with Crippen LogP contribution in [0.1, 0.15) is 32.6 Å². The average molecular weight is 403 g/mol. The molecule has 1 aliphatic heterocycles. The second kappa shape index (κ2) is 9.34. The van der Waals surface area contributed by atoms with E-state index in [4.69, 9.17) is 16.3 Å². The lowest BCUT2D eigenvalue weighted by Crippen LogP contribution is -2.46. The van der Waals surface area contributed by atoms with E-state index in [2.05, 4.69) is 4.72 Å². The lowest BCUT2D eigenvalue weighted by atomic mass is 10.1. The predicted octanol–water partition coefficient (Wildman–Crippen LogP) is 1.95. The number of hydrogen-bond donors (Lipinski definition) is 1. The van der Waals surface area contributed by atoms with E-state index in [1.807, 2.05) is 0 Å². The Balaban J connectivity index is 1.81. The highest BCUT2D eigenvalue weighted by atomic mass is 35.5. The van der Waals surface area contributed by atoms with E-state index in [0.717, 1.165) is 0 Å². The summed E-state index contributed by atoms with van der Waals surface area (Å²) in [6, 6.07) is 5.74. The number of rotatable bonds is 7. The molecule has 26 heavy (non-hydrogen) atoms. The molecule has 2 rings (SSSR count). The highest BCUT2D eigenvalue weighted by molar-refractivity contribution is 7.89. The molecule has 1 heterocycles. The van der Waals surface area contributed by atoms with Gasteiger partial charge >= 0.3 is 5.97 Å². The molecule has 1 amide bonds. The lowest BCUT2D eigenvalue weighted by Gasteiger charge is -2.32. The van der Waals surface area contributed by atoms with Crippen LogP contribution in [0, 0.1) is 0 Å². The van der Waals surface area contributed by atoms with Crippen molar-refractivity contribution in [3.8, 4) is 0 Å². The van der Waals surface area contributed by atoms with Crippen molar-refractivity contribution in [1.29, 1.82) is 0 Å². The maximum absolute atomic E-state index is 12.4. The Morgan fingerprint density at radius 1 is 1.19 bits per heavy atom. The number of ether oxygens (including phenoxy) is 1. The molecule has 7 nitrogen and oxygen atoms in total. The third-order valence-electron chi connectivity index (χ3n) is 4.14. The van der Waals surface area contributed by atoms with E-state index in [1.165, 1.54) is 24.3 Å². The monoisotopic (exact) mass is 402 g/mol. The van der Waals surface area contributed by atoms with Gasteiger partial charge in [0.05, 0.1) is 17.9 Å². The normalized spacial score (nSPS) is 15.7. The van der Waals surface area contributed by atoms with Crippen LogP contribution in [0.4, 0.5) is 0 Å². The van der Waals surface area contributed by atoms with Crippen LogP contribution < -0.4 is 4.72 Å². The molecule has 0 radical (unpaired) electrons. The van der Waals surface area contributed by atoms with Crippen LogP contribution in [0.2, 0.25) is 5.02 Å². The topological polar surface area (TPSA) is 92.8 Å². The summed E-state index contributed by atoms with van der Waals surface area (Å²) in [6.45, 7) is 2.92. The molecular weight excluding hydrogens is 380 g/mol. The molecule has 1 fully saturated rings. The Morgan fingerprint density at radius 3 is 2.38 bits per heavy atom. The van der Waals surface area contributed by atoms with Gasteiger partial charge in [0.15, 0.2) is 0 Å². The third-order valence-corrected chi connectivity index (χ3v) is 5.93. The first-order valence-electron chi connectivity index (χ1n) is 8.53. The number of piperidine rings is 1. The molecule has 1 aromatic carbocycles. The third kappa shape index (κ3) is 5.96. The Morgan fingerprint density at radius 2 is 1.81 bits per heavy atom. The fourth-order valence-electron chi connectivity index (χ4n) is 2.75. The number of esters is 1. The standard InChI is InChI=1S/C17H23ClN2O5S/c1-2-25-17(22)8-7-16(21)20-11-9-14(10-12-20)19-26(23,24)15-5-3-13(18)4-6-15/h3-6,14,19H,2,7-12H2,1H3. The minimum absolute atomic E-state index is 0.0653. The summed E-state index contributed by atoms with van der Waals surface area (Å²) in [5.74, 6) is -0.497. The summed E-state index contributed by atoms with van der Waals surface area (Å²) < 4.78 is 32.2. The van der Waals surface area contributed by atoms with Gasteiger partial charge in [0, 0.05) is 30.6 Å². The van der Waals surface area contributed by atoms with Crippen molar-refractivity contribution < 1.29 is 22.7 Å². The highest BCUT2D eigenvalue weighted by Crippen LogP contribution is 2.18. The summed E-state index contributed by atoms with van der Waals surface area (Å²) in [4.78, 5) is 25.3. The molecule has 0 saturated carbocycles. The van der Waals surface area contributed by atoms with E-state index in [9.17, 15) is 18.0 Å². The fraction of sp³-hybridized carbons (Fsp3) is 0.529. The summed E-state index contributed by atoms with van der Waals surface area (Å²) in [5.41, 5.74) is 0. The van der Waals surface area contributed by atoms with Crippen LogP contribution in [-0.2, 0) is 24.3 Å². The summed E-state index contributed by atoms with van der Waals surface area (Å²) in [5, 5.41) is 0.471. The van der Waals surface area contributed by atoms with Crippen LogP contribution in [0.15, 0.2) is 29.2 Å². The number of benzene rings is 1. The lowest BCUT2D eigenvalue weighted by molar-refractivity contribution is -0.145. The quantitative estimate of drug-likeness (QED) is 0.703. The van der Waals surface area contributed by atoms with E-state index in [-0.39, 0.29) is 35.7 Å². The molecule has 0 bridgehead atoms. The Labute approximate surface area is 158 Å². The number of sulfonamides is 1. The van der Waals surface area contributed by atoms with Gasteiger partial charge in [0.1, 0.15) is 0 Å². The maximum atomic E-state index is 12.4. The number of carbonyl (C=O) groups is 2. The van der Waals surface area contributed by atoms with Crippen LogP contribution in [-0.4, -0.2) is 50.9 Å². The first-order valence-corrected chi connectivity index (χ1v) is 10.4. The van der Waals surface area contributed by atoms with Crippen molar-refractivity contribution in [2.75, 3.05) is 19.7 Å². The van der Waals surface area contributed by atoms with Gasteiger partial charge in [0.25, 0.3) is 0 Å². The Hall–Kier alpha value is -1.64. The molecule has 1 aliphatic rings. The minimum Gasteiger partial charge on any atom is -0.466 e. The molecule has 9 heteroatoms. The number of amides is 1. The Kier molecular flexibility index (Phi) is 7.43. The van der Waals surface area contributed by atoms with Gasteiger partial charge in [-0.3, -0.25) is 9.59 Å². The summed E-state index contributed by atoms with van der Waals surface area (Å²) in [7, 11) is -3.62. The number of likely N-dealkylation sites (tertiary alicyclic amines) is 1. The van der Waals surface area contributed by atoms with E-state index in [1.54, 1.807) is 11.8 Å². The first kappa shape index (κ1) is 20.7. The van der Waals surface area contributed by atoms with Crippen molar-refractivity contribution in [2.45, 2.75) is 43.5 Å². The number of carbonyl (C=O) groups excluding carboxylic acids is 2. The molecule has 0 spiro atoms. The Bertz CT molecular complexity index is 728. The van der Waals surface area contributed by atoms with E-state index >= 15 is 0 Å². The second-order valence-corrected chi connectivity index (χ2v) is 8.19. The zero-order valence-corrected chi connectivity index (χ0v) is 16.2. The number of nitrogens with zero attached hydrogens (tertiary/aromatic N) is 1. The van der Waals surface area contributed by atoms with E-state index in [0.29, 0.717) is 37.6 Å². The van der Waals surface area contributed by atoms with Gasteiger partial charge in [-0.25, -0.2) is 13.1 Å². The van der Waals surface area contributed by atoms with Crippen LogP contribution in [0.3, 0.4) is 0 Å². The molecule has 0 aromatic heterocycles. The summed E-state index contributed by atoms with van der Waals surface area (Å²) >= 11 is 5.78. The number of nitrogens with one attached hydrogen (secondary N) is 1. The molecule has 1 aromatic rings. The SMILES string of the molecule is CCOC(=O)CCC(=O)N1CCC(NS(=O)(=O)c2ccc(Cl)cc2)CC1. The zero-order chi connectivity index (χ0) is 19.2. The van der Waals surface area contributed by atoms with Gasteiger partial charge in [0.2, 0.25) is 15.9 Å². The van der Waals surface area contributed by atoms with Gasteiger partial charge in [-0.1, -0.05) is 11.6 Å². The van der Waals surface area contributed by atoms with Crippen molar-refractivity contribution in [3.05, 3.63) is 29.3 Å². The molecular formula is C17H23ClN2O5S. The molecule has 0 aliphatic carbocycles. The van der Waals surface area contributed by atoms with Crippen LogP contribution in [0.5, 0.6) is 0 Å². The van der Waals surface area contributed by atoms with Gasteiger partial charge in [-0.05, 0) is 44.0 Å². The molecule has 1 saturated heterocycles. The largest absolute Gasteiger partial charge is 0.466 e. The minimum atomic E-state index is -3.62. The fourth-order valence-corrected chi connectivity index (χ4v) is 4.18. The maximum Gasteiger partial charge on any atom is 0.306 e. The van der Waals surface area contributed by atoms with Crippen molar-refractivity contribution >= 4 is 33.5 Å². The summed E-state index contributed by atoms with van der Waals surface area (Å²) in [6.07, 6.45) is 1.23. The number of halogens is 1. The van der Waals surface area contributed by atoms with Gasteiger partial charge in [-0.15, -0.1) is 0 Å². The first-order chi connectivity index (χ1) is 12.3. The van der Waals surface area contributed by atoms with Crippen molar-refractivity contribution in [1.82, 2.24) is 9.62 Å². The molecule has 0 unspecified atom stereocenters. The van der Waals surface area contributed by atoms with E-state index < -0.39 is 10.0 Å². The predicted molar refractivity (Wildman–Crippen MR) is 97.2 cm³/mol. The van der Waals surface area contributed by atoms with Crippen molar-refractivity contribution in [3.63, 3.8) is 0 Å². The van der Waals surface area contributed by atoms with Crippen molar-refractivity contribution in [2.24, 2.45) is 0 Å². The van der Waals surface area contributed by atoms with Gasteiger partial charge < -0.3 is 9.64 Å². The zero-order valence-electron chi connectivity index (χ0n) is 14.6. The highest BCUT2D eigenvalue weighted by Gasteiger charge is 2.26. The average Bonchev–Trinajstić information content (AvgIpc) is 2.60. The molecule has 1 N–H and O–H groups in total. The van der Waals surface area contributed by atoms with Crippen LogP contribution >= 0.6 is 11.6 Å².